The molecule has 0 spiro atoms. The molecular formula is C23H28FNO3S. The van der Waals surface area contributed by atoms with E-state index >= 15 is 0 Å². The van der Waals surface area contributed by atoms with Crippen molar-refractivity contribution in [3.05, 3.63) is 45.2 Å². The number of fused-ring (bicyclic) bond motifs is 2. The highest BCUT2D eigenvalue weighted by Gasteiger charge is 2.46. The van der Waals surface area contributed by atoms with Crippen LogP contribution in [0, 0.1) is 23.6 Å². The molecule has 1 heterocycles. The molecule has 0 bridgehead atoms. The van der Waals surface area contributed by atoms with Crippen molar-refractivity contribution >= 4 is 11.3 Å². The fraction of sp³-hybridized carbons (Fsp3) is 0.609. The van der Waals surface area contributed by atoms with E-state index < -0.39 is 0 Å². The van der Waals surface area contributed by atoms with Crippen LogP contribution in [0.1, 0.15) is 59.9 Å². The zero-order chi connectivity index (χ0) is 20.0. The molecule has 5 rings (SSSR count). The summed E-state index contributed by atoms with van der Waals surface area (Å²) in [6, 6.07) is 3.75. The minimum atomic E-state index is -0.384. The number of rotatable bonds is 5. The molecule has 4 nitrogen and oxygen atoms in total. The number of aliphatic hydroxyl groups excluding tert-OH is 2. The lowest BCUT2D eigenvalue weighted by atomic mass is 9.73. The van der Waals surface area contributed by atoms with Crippen LogP contribution in [-0.4, -0.2) is 27.9 Å². The van der Waals surface area contributed by atoms with Crippen LogP contribution in [0.2, 0.25) is 0 Å². The second kappa shape index (κ2) is 7.97. The van der Waals surface area contributed by atoms with Crippen molar-refractivity contribution in [2.75, 3.05) is 6.61 Å². The van der Waals surface area contributed by atoms with Gasteiger partial charge in [-0.3, -0.25) is 0 Å². The predicted octanol–water partition coefficient (Wildman–Crippen LogP) is 4.22. The average Bonchev–Trinajstić information content (AvgIpc) is 3.45. The lowest BCUT2D eigenvalue weighted by Gasteiger charge is -2.33. The molecule has 0 radical (unpaired) electrons. The maximum Gasteiger partial charge on any atom is 0.168 e. The first-order valence-corrected chi connectivity index (χ1v) is 11.7. The van der Waals surface area contributed by atoms with Gasteiger partial charge in [0, 0.05) is 17.2 Å². The number of aryl methyl sites for hydroxylation is 1. The molecule has 1 aromatic carbocycles. The normalized spacial score (nSPS) is 30.9. The van der Waals surface area contributed by atoms with Gasteiger partial charge in [-0.25, -0.2) is 9.37 Å². The number of hydrogen-bond acceptors (Lipinski definition) is 5. The molecule has 2 saturated carbocycles. The van der Waals surface area contributed by atoms with Gasteiger partial charge < -0.3 is 14.9 Å². The van der Waals surface area contributed by atoms with Gasteiger partial charge in [0.25, 0.3) is 0 Å². The highest BCUT2D eigenvalue weighted by atomic mass is 32.1. The smallest absolute Gasteiger partial charge is 0.168 e. The number of benzene rings is 1. The number of aromatic nitrogens is 1. The topological polar surface area (TPSA) is 62.6 Å². The number of aliphatic hydroxyl groups is 2. The van der Waals surface area contributed by atoms with E-state index in [0.29, 0.717) is 30.1 Å². The second-order valence-electron chi connectivity index (χ2n) is 8.92. The van der Waals surface area contributed by atoms with Gasteiger partial charge >= 0.3 is 0 Å². The highest BCUT2D eigenvalue weighted by Crippen LogP contribution is 2.50. The first-order valence-electron chi connectivity index (χ1n) is 10.8. The van der Waals surface area contributed by atoms with E-state index in [1.54, 1.807) is 17.4 Å². The van der Waals surface area contributed by atoms with Gasteiger partial charge in [0.05, 0.1) is 30.0 Å². The summed E-state index contributed by atoms with van der Waals surface area (Å²) in [7, 11) is 0. The third-order valence-corrected chi connectivity index (χ3v) is 8.38. The molecule has 2 N–H and O–H groups in total. The zero-order valence-electron chi connectivity index (χ0n) is 16.5. The fourth-order valence-corrected chi connectivity index (χ4v) is 6.79. The number of hydrogen-bond donors (Lipinski definition) is 2. The molecule has 3 aliphatic rings. The molecule has 2 fully saturated rings. The number of halogens is 1. The monoisotopic (exact) mass is 417 g/mol. The summed E-state index contributed by atoms with van der Waals surface area (Å²) in [5.41, 5.74) is 2.68. The number of thiazole rings is 1. The molecule has 0 saturated heterocycles. The Morgan fingerprint density at radius 2 is 2.10 bits per heavy atom. The number of ether oxygens (including phenoxy) is 1. The molecule has 2 aromatic rings. The zero-order valence-corrected chi connectivity index (χ0v) is 17.3. The summed E-state index contributed by atoms with van der Waals surface area (Å²) < 4.78 is 20.7. The van der Waals surface area contributed by atoms with Crippen LogP contribution in [0.15, 0.2) is 17.5 Å². The first kappa shape index (κ1) is 19.5. The molecular weight excluding hydrogens is 389 g/mol. The molecule has 0 amide bonds. The Hall–Kier alpha value is -1.50. The van der Waals surface area contributed by atoms with Crippen LogP contribution in [0.25, 0.3) is 0 Å². The molecule has 0 unspecified atom stereocenters. The van der Waals surface area contributed by atoms with E-state index in [1.807, 2.05) is 11.4 Å². The van der Waals surface area contributed by atoms with Gasteiger partial charge in [-0.15, -0.1) is 11.3 Å². The summed E-state index contributed by atoms with van der Waals surface area (Å²) >= 11 is 1.64. The lowest BCUT2D eigenvalue weighted by molar-refractivity contribution is 0.0726. The van der Waals surface area contributed by atoms with Gasteiger partial charge in [-0.2, -0.15) is 0 Å². The summed E-state index contributed by atoms with van der Waals surface area (Å²) in [5.74, 6) is 1.52. The predicted molar refractivity (Wildman–Crippen MR) is 110 cm³/mol. The van der Waals surface area contributed by atoms with Crippen LogP contribution in [0.5, 0.6) is 5.75 Å². The quantitative estimate of drug-likeness (QED) is 0.765. The lowest BCUT2D eigenvalue weighted by Crippen LogP contribution is -2.29. The molecule has 0 aliphatic heterocycles. The van der Waals surface area contributed by atoms with Gasteiger partial charge in [-0.05, 0) is 74.0 Å². The molecule has 5 atom stereocenters. The third-order valence-electron chi connectivity index (χ3n) is 7.32. The maximum absolute atomic E-state index is 14.7. The minimum Gasteiger partial charge on any atom is -0.490 e. The van der Waals surface area contributed by atoms with E-state index in [2.05, 4.69) is 4.98 Å². The van der Waals surface area contributed by atoms with Crippen molar-refractivity contribution in [3.8, 4) is 5.75 Å². The molecule has 29 heavy (non-hydrogen) atoms. The molecule has 6 heteroatoms. The van der Waals surface area contributed by atoms with E-state index in [9.17, 15) is 14.6 Å². The van der Waals surface area contributed by atoms with Crippen molar-refractivity contribution in [2.45, 2.75) is 63.6 Å². The van der Waals surface area contributed by atoms with E-state index in [4.69, 9.17) is 4.74 Å². The maximum atomic E-state index is 14.7. The second-order valence-corrected chi connectivity index (χ2v) is 9.81. The van der Waals surface area contributed by atoms with E-state index in [-0.39, 0.29) is 24.4 Å². The Bertz CT molecular complexity index is 885. The Morgan fingerprint density at radius 1 is 1.21 bits per heavy atom. The van der Waals surface area contributed by atoms with Crippen LogP contribution in [0.3, 0.4) is 0 Å². The van der Waals surface area contributed by atoms with Crippen molar-refractivity contribution < 1.29 is 19.3 Å². The Kier molecular flexibility index (Phi) is 5.35. The van der Waals surface area contributed by atoms with Gasteiger partial charge in [0.2, 0.25) is 0 Å². The van der Waals surface area contributed by atoms with Crippen molar-refractivity contribution in [1.82, 2.24) is 4.98 Å². The molecule has 3 aliphatic carbocycles. The van der Waals surface area contributed by atoms with E-state index in [0.717, 1.165) is 66.8 Å². The Balaban J connectivity index is 1.24. The van der Waals surface area contributed by atoms with Crippen molar-refractivity contribution in [1.29, 1.82) is 0 Å². The summed E-state index contributed by atoms with van der Waals surface area (Å²) in [6.07, 6.45) is 6.30. The van der Waals surface area contributed by atoms with Crippen molar-refractivity contribution in [3.63, 3.8) is 0 Å². The summed E-state index contributed by atoms with van der Waals surface area (Å²) in [6.45, 7) is 0.376. The fourth-order valence-electron chi connectivity index (χ4n) is 5.83. The molecule has 1 aromatic heterocycles. The summed E-state index contributed by atoms with van der Waals surface area (Å²) in [4.78, 5) is 4.56. The highest BCUT2D eigenvalue weighted by molar-refractivity contribution is 7.09. The average molecular weight is 418 g/mol. The number of nitrogens with zero attached hydrogens (tertiary/aromatic N) is 1. The van der Waals surface area contributed by atoms with E-state index in [1.165, 1.54) is 0 Å². The Labute approximate surface area is 174 Å². The summed E-state index contributed by atoms with van der Waals surface area (Å²) in [5, 5.41) is 23.0. The SMILES string of the molecule is OCc1csc([C@H]2CC[C@H]3[C@@H](C2)C[C@H](O)[C@@H]3COc2ccc3c(c2F)CCC3)n1. The van der Waals surface area contributed by atoms with Crippen LogP contribution in [-0.2, 0) is 19.4 Å². The van der Waals surface area contributed by atoms with Gasteiger partial charge in [0.1, 0.15) is 0 Å². The van der Waals surface area contributed by atoms with Crippen LogP contribution >= 0.6 is 11.3 Å². The largest absolute Gasteiger partial charge is 0.490 e. The standard InChI is InChI=1S/C23H28FNO3S/c24-22-18-3-1-2-13(18)5-7-21(22)28-11-19-17-6-4-14(8-15(17)9-20(19)27)23-25-16(10-26)12-29-23/h5,7,12,14-15,17,19-20,26-27H,1-4,6,8-11H2/t14-,15-,17-,19+,20-/m0/s1. The van der Waals surface area contributed by atoms with Crippen LogP contribution in [0.4, 0.5) is 4.39 Å². The van der Waals surface area contributed by atoms with Gasteiger partial charge in [0.15, 0.2) is 11.6 Å². The Morgan fingerprint density at radius 3 is 2.93 bits per heavy atom. The minimum absolute atomic E-state index is 0.00729. The first-order chi connectivity index (χ1) is 14.1. The third kappa shape index (κ3) is 3.60. The molecule has 156 valence electrons. The van der Waals surface area contributed by atoms with Crippen LogP contribution < -0.4 is 4.74 Å². The van der Waals surface area contributed by atoms with Crippen molar-refractivity contribution in [2.24, 2.45) is 17.8 Å². The van der Waals surface area contributed by atoms with Gasteiger partial charge in [-0.1, -0.05) is 6.07 Å².